The van der Waals surface area contributed by atoms with Crippen molar-refractivity contribution in [2.75, 3.05) is 55.7 Å². The predicted octanol–water partition coefficient (Wildman–Crippen LogP) is 5.47. The van der Waals surface area contributed by atoms with Gasteiger partial charge in [-0.3, -0.25) is 9.59 Å². The molecule has 0 saturated carbocycles. The van der Waals surface area contributed by atoms with E-state index >= 15 is 0 Å². The number of benzene rings is 2. The molecule has 3 heterocycles. The number of para-hydroxylation sites is 1. The molecule has 1 atom stereocenters. The molecule has 0 bridgehead atoms. The molecule has 8 nitrogen and oxygen atoms in total. The molecule has 5 rings (SSSR count). The smallest absolute Gasteiger partial charge is 0.310 e. The summed E-state index contributed by atoms with van der Waals surface area (Å²) in [5, 5.41) is 1.50. The van der Waals surface area contributed by atoms with Gasteiger partial charge in [0.1, 0.15) is 5.82 Å². The molecule has 216 valence electrons. The van der Waals surface area contributed by atoms with Crippen LogP contribution in [-0.2, 0) is 15.3 Å². The van der Waals surface area contributed by atoms with Crippen molar-refractivity contribution in [3.8, 4) is 0 Å². The van der Waals surface area contributed by atoms with Crippen molar-refractivity contribution in [2.24, 2.45) is 5.92 Å². The number of hydrogen-bond donors (Lipinski definition) is 0. The Kier molecular flexibility index (Phi) is 9.67. The van der Waals surface area contributed by atoms with Gasteiger partial charge in [-0.05, 0) is 56.5 Å². The van der Waals surface area contributed by atoms with Crippen LogP contribution in [0.25, 0.3) is 0 Å². The lowest BCUT2D eigenvalue weighted by Gasteiger charge is -2.37. The van der Waals surface area contributed by atoms with E-state index in [0.717, 1.165) is 72.0 Å². The first kappa shape index (κ1) is 29.2. The number of halogens is 1. The van der Waals surface area contributed by atoms with Gasteiger partial charge < -0.3 is 19.4 Å². The van der Waals surface area contributed by atoms with E-state index in [1.54, 1.807) is 23.6 Å². The van der Waals surface area contributed by atoms with Gasteiger partial charge in [-0.15, -0.1) is 0 Å². The number of carbonyl (C=O) groups is 2. The third-order valence-electron chi connectivity index (χ3n) is 7.49. The molecular formula is C31H36ClN5O3S. The highest BCUT2D eigenvalue weighted by atomic mass is 35.5. The van der Waals surface area contributed by atoms with Gasteiger partial charge in [-0.2, -0.15) is 0 Å². The number of ether oxygens (including phenoxy) is 1. The van der Waals surface area contributed by atoms with Gasteiger partial charge in [-0.25, -0.2) is 9.97 Å². The van der Waals surface area contributed by atoms with Crippen molar-refractivity contribution in [1.82, 2.24) is 14.9 Å². The van der Waals surface area contributed by atoms with Gasteiger partial charge in [-0.1, -0.05) is 47.6 Å². The van der Waals surface area contributed by atoms with Gasteiger partial charge in [0.05, 0.1) is 23.2 Å². The minimum absolute atomic E-state index is 0.0455. The van der Waals surface area contributed by atoms with Gasteiger partial charge in [0.15, 0.2) is 5.16 Å². The summed E-state index contributed by atoms with van der Waals surface area (Å²) < 4.78 is 5.19. The Hall–Kier alpha value is -3.30. The average molecular weight is 594 g/mol. The van der Waals surface area contributed by atoms with E-state index in [0.29, 0.717) is 31.0 Å². The molecule has 2 aromatic carbocycles. The lowest BCUT2D eigenvalue weighted by atomic mass is 9.97. The molecule has 0 N–H and O–H groups in total. The highest BCUT2D eigenvalue weighted by molar-refractivity contribution is 7.98. The molecule has 2 aliphatic heterocycles. The van der Waals surface area contributed by atoms with Crippen LogP contribution in [0.15, 0.2) is 59.8 Å². The minimum Gasteiger partial charge on any atom is -0.466 e. The second-order valence-corrected chi connectivity index (χ2v) is 11.8. The van der Waals surface area contributed by atoms with Crippen LogP contribution in [-0.4, -0.2) is 72.6 Å². The van der Waals surface area contributed by atoms with Crippen LogP contribution >= 0.6 is 23.4 Å². The number of hydrogen-bond acceptors (Lipinski definition) is 8. The van der Waals surface area contributed by atoms with E-state index < -0.39 is 0 Å². The SMILES string of the molecule is CCOC(=O)C1CCCN(C(=O)c2cccc(CSc3nc(C)cc(N4CCN(c5ccccc5Cl)CC4)n3)c2)C1. The summed E-state index contributed by atoms with van der Waals surface area (Å²) in [5.41, 5.74) is 3.66. The molecule has 0 aliphatic carbocycles. The first-order chi connectivity index (χ1) is 19.9. The highest BCUT2D eigenvalue weighted by Gasteiger charge is 2.30. The Balaban J connectivity index is 1.19. The van der Waals surface area contributed by atoms with Crippen molar-refractivity contribution in [1.29, 1.82) is 0 Å². The van der Waals surface area contributed by atoms with Crippen molar-refractivity contribution < 1.29 is 14.3 Å². The third-order valence-corrected chi connectivity index (χ3v) is 8.73. The molecule has 0 spiro atoms. The zero-order valence-corrected chi connectivity index (χ0v) is 25.2. The zero-order chi connectivity index (χ0) is 28.8. The molecule has 3 aromatic rings. The van der Waals surface area contributed by atoms with Crippen molar-refractivity contribution in [3.63, 3.8) is 0 Å². The molecule has 1 amide bonds. The number of amides is 1. The topological polar surface area (TPSA) is 78.9 Å². The number of aryl methyl sites for hydroxylation is 1. The fraction of sp³-hybridized carbons (Fsp3) is 0.419. The van der Waals surface area contributed by atoms with E-state index in [1.165, 1.54) is 0 Å². The first-order valence-electron chi connectivity index (χ1n) is 14.2. The molecular weight excluding hydrogens is 558 g/mol. The summed E-state index contributed by atoms with van der Waals surface area (Å²) >= 11 is 7.98. The molecule has 10 heteroatoms. The van der Waals surface area contributed by atoms with Crippen LogP contribution in [0.4, 0.5) is 11.5 Å². The van der Waals surface area contributed by atoms with E-state index in [4.69, 9.17) is 21.3 Å². The zero-order valence-electron chi connectivity index (χ0n) is 23.6. The van der Waals surface area contributed by atoms with E-state index in [1.807, 2.05) is 55.5 Å². The number of carbonyl (C=O) groups excluding carboxylic acids is 2. The number of likely N-dealkylation sites (tertiary alicyclic amines) is 1. The second-order valence-electron chi connectivity index (χ2n) is 10.4. The van der Waals surface area contributed by atoms with Crippen molar-refractivity contribution in [3.05, 3.63) is 76.4 Å². The molecule has 2 fully saturated rings. The monoisotopic (exact) mass is 593 g/mol. The summed E-state index contributed by atoms with van der Waals surface area (Å²) in [6.07, 6.45) is 1.56. The summed E-state index contributed by atoms with van der Waals surface area (Å²) in [6, 6.07) is 17.7. The fourth-order valence-corrected chi connectivity index (χ4v) is 6.47. The number of piperidine rings is 1. The lowest BCUT2D eigenvalue weighted by Crippen LogP contribution is -2.47. The molecule has 2 saturated heterocycles. The minimum atomic E-state index is -0.252. The number of aromatic nitrogens is 2. The third kappa shape index (κ3) is 7.32. The van der Waals surface area contributed by atoms with Crippen molar-refractivity contribution in [2.45, 2.75) is 37.6 Å². The van der Waals surface area contributed by atoms with Crippen LogP contribution in [0.2, 0.25) is 5.02 Å². The lowest BCUT2D eigenvalue weighted by molar-refractivity contribution is -0.149. The van der Waals surface area contributed by atoms with Gasteiger partial charge in [0.25, 0.3) is 5.91 Å². The Morgan fingerprint density at radius 2 is 1.78 bits per heavy atom. The number of anilines is 2. The molecule has 2 aliphatic rings. The van der Waals surface area contributed by atoms with Crippen LogP contribution in [0.3, 0.4) is 0 Å². The summed E-state index contributed by atoms with van der Waals surface area (Å²) in [6.45, 7) is 8.66. The maximum atomic E-state index is 13.3. The summed E-state index contributed by atoms with van der Waals surface area (Å²) in [4.78, 5) is 41.4. The summed E-state index contributed by atoms with van der Waals surface area (Å²) in [7, 11) is 0. The van der Waals surface area contributed by atoms with E-state index in [2.05, 4.69) is 20.9 Å². The first-order valence-corrected chi connectivity index (χ1v) is 15.6. The predicted molar refractivity (Wildman–Crippen MR) is 164 cm³/mol. The molecule has 1 unspecified atom stereocenters. The van der Waals surface area contributed by atoms with Gasteiger partial charge in [0, 0.05) is 62.3 Å². The van der Waals surface area contributed by atoms with Gasteiger partial charge in [0.2, 0.25) is 0 Å². The molecule has 41 heavy (non-hydrogen) atoms. The number of piperazine rings is 1. The van der Waals surface area contributed by atoms with Crippen LogP contribution < -0.4 is 9.80 Å². The second kappa shape index (κ2) is 13.6. The largest absolute Gasteiger partial charge is 0.466 e. The number of esters is 1. The standard InChI is InChI=1S/C31H36ClN5O3S/c1-3-40-30(39)25-10-7-13-37(20-25)29(38)24-9-6-8-23(19-24)21-41-31-33-22(2)18-28(34-31)36-16-14-35(15-17-36)27-12-5-4-11-26(27)32/h4-6,8-9,11-12,18-19,25H,3,7,10,13-17,20-21H2,1-2H3. The maximum absolute atomic E-state index is 13.3. The normalized spacial score (nSPS) is 17.4. The Labute approximate surface area is 251 Å². The highest BCUT2D eigenvalue weighted by Crippen LogP contribution is 2.28. The summed E-state index contributed by atoms with van der Waals surface area (Å²) in [5.74, 6) is 1.07. The maximum Gasteiger partial charge on any atom is 0.310 e. The molecule has 0 radical (unpaired) electrons. The average Bonchev–Trinajstić information content (AvgIpc) is 3.00. The number of nitrogens with zero attached hydrogens (tertiary/aromatic N) is 5. The Morgan fingerprint density at radius 1 is 1.00 bits per heavy atom. The van der Waals surface area contributed by atoms with Crippen molar-refractivity contribution >= 4 is 46.7 Å². The van der Waals surface area contributed by atoms with Crippen LogP contribution in [0, 0.1) is 12.8 Å². The van der Waals surface area contributed by atoms with Crippen LogP contribution in [0.1, 0.15) is 41.4 Å². The Bertz CT molecular complexity index is 1380. The number of thioether (sulfide) groups is 1. The van der Waals surface area contributed by atoms with Crippen LogP contribution in [0.5, 0.6) is 0 Å². The fourth-order valence-electron chi connectivity index (χ4n) is 5.38. The van der Waals surface area contributed by atoms with E-state index in [9.17, 15) is 9.59 Å². The van der Waals surface area contributed by atoms with E-state index in [-0.39, 0.29) is 17.8 Å². The number of rotatable bonds is 8. The molecule has 1 aromatic heterocycles. The quantitative estimate of drug-likeness (QED) is 0.193. The van der Waals surface area contributed by atoms with Gasteiger partial charge >= 0.3 is 5.97 Å². The Morgan fingerprint density at radius 3 is 2.56 bits per heavy atom.